The molecule has 1 unspecified atom stereocenters. The molecule has 2 fully saturated rings. The monoisotopic (exact) mass is 502 g/mol. The summed E-state index contributed by atoms with van der Waals surface area (Å²) in [6.07, 6.45) is 10.3. The number of Topliss-reactive ketones (excluding diaryl/α,β-unsaturated/α-hetero) is 1. The summed E-state index contributed by atoms with van der Waals surface area (Å²) in [6, 6.07) is -1.13. The highest BCUT2D eigenvalue weighted by molar-refractivity contribution is 7.10. The highest BCUT2D eigenvalue weighted by Crippen LogP contribution is 2.37. The van der Waals surface area contributed by atoms with E-state index in [4.69, 9.17) is 0 Å². The minimum Gasteiger partial charge on any atom is -0.343 e. The van der Waals surface area contributed by atoms with E-state index in [1.54, 1.807) is 19.4 Å². The predicted molar refractivity (Wildman–Crippen MR) is 134 cm³/mol. The average molecular weight is 503 g/mol. The number of thiazole rings is 1. The molecule has 190 valence electrons. The standard InChI is InChI=1S/C26H35FN4O3S/c1-16(28-2)24(33)30-22(17-7-4-3-5-8-17)26(34)31-14-6-9-21(31)25-29-20(15-35-25)23(32)18-10-12-19(27)13-11-18/h10,12,15-17,21-22,28H,3-9,11,13-14H2,1-2H3,(H,30,33)/t16-,21?,22-/m0/s1. The topological polar surface area (TPSA) is 91.4 Å². The van der Waals surface area contributed by atoms with Gasteiger partial charge in [-0.1, -0.05) is 25.3 Å². The quantitative estimate of drug-likeness (QED) is 0.519. The van der Waals surface area contributed by atoms with Gasteiger partial charge in [-0.2, -0.15) is 0 Å². The molecule has 3 atom stereocenters. The smallest absolute Gasteiger partial charge is 0.246 e. The van der Waals surface area contributed by atoms with Crippen molar-refractivity contribution in [3.63, 3.8) is 0 Å². The van der Waals surface area contributed by atoms with Crippen molar-refractivity contribution in [3.8, 4) is 0 Å². The molecular formula is C26H35FN4O3S. The maximum atomic E-state index is 13.8. The lowest BCUT2D eigenvalue weighted by Crippen LogP contribution is -2.55. The first-order chi connectivity index (χ1) is 16.9. The van der Waals surface area contributed by atoms with Gasteiger partial charge < -0.3 is 15.5 Å². The first-order valence-corrected chi connectivity index (χ1v) is 13.6. The zero-order valence-corrected chi connectivity index (χ0v) is 21.3. The maximum absolute atomic E-state index is 13.8. The van der Waals surface area contributed by atoms with Crippen LogP contribution in [0.25, 0.3) is 0 Å². The largest absolute Gasteiger partial charge is 0.343 e. The number of rotatable bonds is 8. The van der Waals surface area contributed by atoms with Crippen molar-refractivity contribution in [2.24, 2.45) is 5.92 Å². The number of carbonyl (C=O) groups is 3. The molecule has 2 aliphatic carbocycles. The number of hydrogen-bond donors (Lipinski definition) is 2. The van der Waals surface area contributed by atoms with Crippen molar-refractivity contribution in [2.45, 2.75) is 82.8 Å². The third kappa shape index (κ3) is 5.89. The van der Waals surface area contributed by atoms with Crippen molar-refractivity contribution < 1.29 is 18.8 Å². The number of aromatic nitrogens is 1. The molecule has 1 saturated heterocycles. The Labute approximate surface area is 210 Å². The fourth-order valence-electron chi connectivity index (χ4n) is 5.23. The summed E-state index contributed by atoms with van der Waals surface area (Å²) < 4.78 is 13.3. The zero-order chi connectivity index (χ0) is 24.9. The van der Waals surface area contributed by atoms with Gasteiger partial charge in [0.05, 0.1) is 12.1 Å². The minimum absolute atomic E-state index is 0.0465. The second-order valence-electron chi connectivity index (χ2n) is 9.79. The number of nitrogens with one attached hydrogen (secondary N) is 2. The molecule has 9 heteroatoms. The van der Waals surface area contributed by atoms with Gasteiger partial charge in [-0.3, -0.25) is 14.4 Å². The average Bonchev–Trinajstić information content (AvgIpc) is 3.56. The van der Waals surface area contributed by atoms with E-state index in [2.05, 4.69) is 15.6 Å². The molecule has 4 rings (SSSR count). The molecule has 0 aromatic carbocycles. The van der Waals surface area contributed by atoms with Crippen LogP contribution in [0.3, 0.4) is 0 Å². The van der Waals surface area contributed by atoms with Gasteiger partial charge in [0.1, 0.15) is 22.6 Å². The van der Waals surface area contributed by atoms with Crippen LogP contribution in [0.4, 0.5) is 4.39 Å². The molecule has 35 heavy (non-hydrogen) atoms. The van der Waals surface area contributed by atoms with Gasteiger partial charge >= 0.3 is 0 Å². The van der Waals surface area contributed by atoms with Crippen LogP contribution >= 0.6 is 11.3 Å². The Hall–Kier alpha value is -2.39. The lowest BCUT2D eigenvalue weighted by atomic mass is 9.83. The van der Waals surface area contributed by atoms with Crippen molar-refractivity contribution >= 4 is 28.9 Å². The van der Waals surface area contributed by atoms with E-state index in [1.165, 1.54) is 29.9 Å². The molecule has 2 heterocycles. The SMILES string of the molecule is CN[C@@H](C)C(=O)N[C@H](C(=O)N1CCCC1c1nc(C(=O)C2=CC=C(F)CC2)cs1)C1CCCCC1. The number of nitrogens with zero attached hydrogens (tertiary/aromatic N) is 2. The van der Waals surface area contributed by atoms with E-state index in [0.717, 1.165) is 43.5 Å². The van der Waals surface area contributed by atoms with E-state index in [9.17, 15) is 18.8 Å². The van der Waals surface area contributed by atoms with E-state index in [1.807, 2.05) is 4.90 Å². The first-order valence-electron chi connectivity index (χ1n) is 12.7. The van der Waals surface area contributed by atoms with Gasteiger partial charge in [0.2, 0.25) is 17.6 Å². The Kier molecular flexibility index (Phi) is 8.49. The van der Waals surface area contributed by atoms with Crippen LogP contribution in [0.1, 0.15) is 86.2 Å². The van der Waals surface area contributed by atoms with Gasteiger partial charge in [-0.15, -0.1) is 11.3 Å². The van der Waals surface area contributed by atoms with Crippen LogP contribution in [0.15, 0.2) is 28.9 Å². The molecule has 1 aromatic heterocycles. The first kappa shape index (κ1) is 25.7. The summed E-state index contributed by atoms with van der Waals surface area (Å²) >= 11 is 1.39. The predicted octanol–water partition coefficient (Wildman–Crippen LogP) is 4.24. The Balaban J connectivity index is 1.52. The minimum atomic E-state index is -0.547. The lowest BCUT2D eigenvalue weighted by molar-refractivity contribution is -0.139. The highest BCUT2D eigenvalue weighted by Gasteiger charge is 2.40. The third-order valence-corrected chi connectivity index (χ3v) is 8.42. The number of carbonyl (C=O) groups excluding carboxylic acids is 3. The van der Waals surface area contributed by atoms with E-state index < -0.39 is 6.04 Å². The van der Waals surface area contributed by atoms with Gasteiger partial charge in [0.15, 0.2) is 0 Å². The van der Waals surface area contributed by atoms with Crippen LogP contribution in [0.2, 0.25) is 0 Å². The molecule has 2 amide bonds. The maximum Gasteiger partial charge on any atom is 0.246 e. The van der Waals surface area contributed by atoms with Crippen molar-refractivity contribution in [3.05, 3.63) is 39.6 Å². The number of halogens is 1. The Morgan fingerprint density at radius 2 is 1.89 bits per heavy atom. The Bertz CT molecular complexity index is 1010. The molecule has 1 saturated carbocycles. The van der Waals surface area contributed by atoms with Crippen LogP contribution in [0, 0.1) is 5.92 Å². The van der Waals surface area contributed by atoms with Gasteiger partial charge in [-0.25, -0.2) is 9.37 Å². The lowest BCUT2D eigenvalue weighted by Gasteiger charge is -2.35. The van der Waals surface area contributed by atoms with Gasteiger partial charge in [0.25, 0.3) is 0 Å². The van der Waals surface area contributed by atoms with Crippen LogP contribution in [-0.4, -0.2) is 53.2 Å². The zero-order valence-electron chi connectivity index (χ0n) is 20.5. The summed E-state index contributed by atoms with van der Waals surface area (Å²) in [5.74, 6) is -0.481. The second-order valence-corrected chi connectivity index (χ2v) is 10.7. The second kappa shape index (κ2) is 11.6. The number of hydrogen-bond acceptors (Lipinski definition) is 6. The summed E-state index contributed by atoms with van der Waals surface area (Å²) in [4.78, 5) is 45.9. The molecule has 1 aromatic rings. The number of likely N-dealkylation sites (N-methyl/N-ethyl adjacent to an activating group) is 1. The number of likely N-dealkylation sites (tertiary alicyclic amines) is 1. The van der Waals surface area contributed by atoms with E-state index in [0.29, 0.717) is 24.2 Å². The molecule has 2 N–H and O–H groups in total. The molecule has 0 bridgehead atoms. The van der Waals surface area contributed by atoms with E-state index in [-0.39, 0.29) is 47.8 Å². The summed E-state index contributed by atoms with van der Waals surface area (Å²) in [5.41, 5.74) is 0.910. The van der Waals surface area contributed by atoms with Crippen LogP contribution in [0.5, 0.6) is 0 Å². The Morgan fingerprint density at radius 3 is 2.57 bits per heavy atom. The number of amides is 2. The fourth-order valence-corrected chi connectivity index (χ4v) is 6.18. The highest BCUT2D eigenvalue weighted by atomic mass is 32.1. The molecular weight excluding hydrogens is 467 g/mol. The number of allylic oxidation sites excluding steroid dienone is 4. The summed E-state index contributed by atoms with van der Waals surface area (Å²) in [5, 5.41) is 8.49. The normalized spacial score (nSPS) is 22.8. The molecule has 3 aliphatic rings. The summed E-state index contributed by atoms with van der Waals surface area (Å²) in [7, 11) is 1.73. The van der Waals surface area contributed by atoms with E-state index >= 15 is 0 Å². The molecule has 1 aliphatic heterocycles. The van der Waals surface area contributed by atoms with Crippen LogP contribution < -0.4 is 10.6 Å². The Morgan fingerprint density at radius 1 is 1.11 bits per heavy atom. The van der Waals surface area contributed by atoms with Crippen molar-refractivity contribution in [2.75, 3.05) is 13.6 Å². The number of ketones is 1. The summed E-state index contributed by atoms with van der Waals surface area (Å²) in [6.45, 7) is 2.40. The van der Waals surface area contributed by atoms with Crippen LogP contribution in [-0.2, 0) is 9.59 Å². The van der Waals surface area contributed by atoms with Gasteiger partial charge in [0, 0.05) is 23.9 Å². The molecule has 0 radical (unpaired) electrons. The van der Waals surface area contributed by atoms with Crippen molar-refractivity contribution in [1.82, 2.24) is 20.5 Å². The fraction of sp³-hybridized carbons (Fsp3) is 0.615. The van der Waals surface area contributed by atoms with Gasteiger partial charge in [-0.05, 0) is 58.1 Å². The molecule has 7 nitrogen and oxygen atoms in total. The molecule has 0 spiro atoms. The third-order valence-electron chi connectivity index (χ3n) is 7.48. The van der Waals surface area contributed by atoms with Crippen molar-refractivity contribution in [1.29, 1.82) is 0 Å².